The van der Waals surface area contributed by atoms with Gasteiger partial charge in [-0.05, 0) is 38.5 Å². The van der Waals surface area contributed by atoms with E-state index in [9.17, 15) is 13.6 Å². The summed E-state index contributed by atoms with van der Waals surface area (Å²) in [5.41, 5.74) is 2.13. The third-order valence-corrected chi connectivity index (χ3v) is 3.56. The molecule has 0 aliphatic rings. The van der Waals surface area contributed by atoms with Crippen molar-refractivity contribution in [2.24, 2.45) is 7.05 Å². The first-order valence-electron chi connectivity index (χ1n) is 6.80. The fourth-order valence-electron chi connectivity index (χ4n) is 2.59. The molecule has 2 aromatic heterocycles. The SMILES string of the molecule is CCn1nc(-c2c(C)cc(C)c(=O)n2C)cc1C(C)(F)F. The van der Waals surface area contributed by atoms with E-state index >= 15 is 0 Å². The van der Waals surface area contributed by atoms with Crippen LogP contribution in [0.2, 0.25) is 0 Å². The Morgan fingerprint density at radius 3 is 2.33 bits per heavy atom. The molecular weight excluding hydrogens is 276 g/mol. The topological polar surface area (TPSA) is 39.8 Å². The standard InChI is InChI=1S/C15H19F2N3O/c1-6-20-12(15(4,16)17)8-11(18-20)13-9(2)7-10(3)14(21)19(13)5/h7-8H,6H2,1-5H3. The second-order valence-corrected chi connectivity index (χ2v) is 5.34. The lowest BCUT2D eigenvalue weighted by molar-refractivity contribution is 0.00795. The number of aromatic nitrogens is 3. The lowest BCUT2D eigenvalue weighted by Gasteiger charge is -2.10. The van der Waals surface area contributed by atoms with Gasteiger partial charge in [0.25, 0.3) is 11.5 Å². The van der Waals surface area contributed by atoms with Crippen LogP contribution >= 0.6 is 0 Å². The molecule has 0 amide bonds. The number of rotatable bonds is 3. The molecule has 0 aliphatic carbocycles. The van der Waals surface area contributed by atoms with Gasteiger partial charge < -0.3 is 4.57 Å². The van der Waals surface area contributed by atoms with Crippen molar-refractivity contribution in [2.75, 3.05) is 0 Å². The van der Waals surface area contributed by atoms with Crippen molar-refractivity contribution in [3.05, 3.63) is 39.3 Å². The van der Waals surface area contributed by atoms with Crippen LogP contribution in [0, 0.1) is 13.8 Å². The molecule has 2 rings (SSSR count). The molecule has 2 aromatic rings. The maximum absolute atomic E-state index is 13.6. The Labute approximate surface area is 122 Å². The number of aryl methyl sites for hydroxylation is 3. The lowest BCUT2D eigenvalue weighted by Crippen LogP contribution is -2.21. The van der Waals surface area contributed by atoms with Crippen molar-refractivity contribution in [3.63, 3.8) is 0 Å². The van der Waals surface area contributed by atoms with Crippen LogP contribution in [0.4, 0.5) is 8.78 Å². The zero-order valence-electron chi connectivity index (χ0n) is 12.9. The Hall–Kier alpha value is -1.98. The van der Waals surface area contributed by atoms with E-state index in [2.05, 4.69) is 5.10 Å². The predicted molar refractivity (Wildman–Crippen MR) is 77.6 cm³/mol. The first kappa shape index (κ1) is 15.4. The van der Waals surface area contributed by atoms with Crippen LogP contribution in [0.3, 0.4) is 0 Å². The Kier molecular flexibility index (Phi) is 3.74. The fourth-order valence-corrected chi connectivity index (χ4v) is 2.59. The summed E-state index contributed by atoms with van der Waals surface area (Å²) in [6.45, 7) is 6.53. The van der Waals surface area contributed by atoms with Gasteiger partial charge in [0.15, 0.2) is 0 Å². The van der Waals surface area contributed by atoms with Crippen LogP contribution in [-0.2, 0) is 19.5 Å². The molecule has 21 heavy (non-hydrogen) atoms. The van der Waals surface area contributed by atoms with Gasteiger partial charge in [-0.2, -0.15) is 13.9 Å². The molecule has 0 radical (unpaired) electrons. The van der Waals surface area contributed by atoms with Crippen LogP contribution in [0.15, 0.2) is 16.9 Å². The summed E-state index contributed by atoms with van der Waals surface area (Å²) >= 11 is 0. The number of pyridine rings is 1. The van der Waals surface area contributed by atoms with Gasteiger partial charge in [0.2, 0.25) is 0 Å². The van der Waals surface area contributed by atoms with E-state index in [1.54, 1.807) is 27.0 Å². The first-order chi connectivity index (χ1) is 9.66. The van der Waals surface area contributed by atoms with E-state index in [-0.39, 0.29) is 11.3 Å². The summed E-state index contributed by atoms with van der Waals surface area (Å²) < 4.78 is 30.0. The van der Waals surface area contributed by atoms with Gasteiger partial charge in [0.1, 0.15) is 11.4 Å². The van der Waals surface area contributed by atoms with E-state index in [0.717, 1.165) is 12.5 Å². The summed E-state index contributed by atoms with van der Waals surface area (Å²) in [7, 11) is 1.63. The molecule has 0 bridgehead atoms. The molecule has 0 spiro atoms. The molecular formula is C15H19F2N3O. The highest BCUT2D eigenvalue weighted by atomic mass is 19.3. The highest BCUT2D eigenvalue weighted by Gasteiger charge is 2.30. The Bertz CT molecular complexity index is 739. The fraction of sp³-hybridized carbons (Fsp3) is 0.467. The minimum Gasteiger partial charge on any atom is -0.309 e. The molecule has 0 fully saturated rings. The van der Waals surface area contributed by atoms with Crippen molar-refractivity contribution in [1.29, 1.82) is 0 Å². The average molecular weight is 295 g/mol. The molecule has 0 aliphatic heterocycles. The molecule has 0 N–H and O–H groups in total. The van der Waals surface area contributed by atoms with Crippen molar-refractivity contribution in [1.82, 2.24) is 14.3 Å². The number of hydrogen-bond acceptors (Lipinski definition) is 2. The highest BCUT2D eigenvalue weighted by molar-refractivity contribution is 5.60. The van der Waals surface area contributed by atoms with E-state index in [1.807, 2.05) is 6.92 Å². The molecule has 4 nitrogen and oxygen atoms in total. The van der Waals surface area contributed by atoms with E-state index in [4.69, 9.17) is 0 Å². The average Bonchev–Trinajstić information content (AvgIpc) is 2.80. The highest BCUT2D eigenvalue weighted by Crippen LogP contribution is 2.31. The molecule has 114 valence electrons. The third-order valence-electron chi connectivity index (χ3n) is 3.56. The number of halogens is 2. The minimum absolute atomic E-state index is 0.146. The van der Waals surface area contributed by atoms with Gasteiger partial charge >= 0.3 is 0 Å². The number of alkyl halides is 2. The van der Waals surface area contributed by atoms with Crippen LogP contribution in [0.1, 0.15) is 30.7 Å². The van der Waals surface area contributed by atoms with Crippen molar-refractivity contribution < 1.29 is 8.78 Å². The monoisotopic (exact) mass is 295 g/mol. The van der Waals surface area contributed by atoms with Gasteiger partial charge in [0.05, 0.1) is 5.69 Å². The number of hydrogen-bond donors (Lipinski definition) is 0. The largest absolute Gasteiger partial charge is 0.309 e. The molecule has 0 atom stereocenters. The van der Waals surface area contributed by atoms with Gasteiger partial charge in [-0.25, -0.2) is 0 Å². The normalized spacial score (nSPS) is 12.0. The van der Waals surface area contributed by atoms with Gasteiger partial charge in [-0.15, -0.1) is 0 Å². The number of nitrogens with zero attached hydrogens (tertiary/aromatic N) is 3. The van der Waals surface area contributed by atoms with Crippen molar-refractivity contribution in [3.8, 4) is 11.4 Å². The quantitative estimate of drug-likeness (QED) is 0.873. The maximum atomic E-state index is 13.6. The zero-order chi connectivity index (χ0) is 15.9. The van der Waals surface area contributed by atoms with Crippen molar-refractivity contribution in [2.45, 2.75) is 40.2 Å². The van der Waals surface area contributed by atoms with E-state index in [1.165, 1.54) is 15.3 Å². The minimum atomic E-state index is -2.97. The van der Waals surface area contributed by atoms with Crippen LogP contribution < -0.4 is 5.56 Å². The molecule has 0 unspecified atom stereocenters. The van der Waals surface area contributed by atoms with Gasteiger partial charge in [0, 0.05) is 26.1 Å². The summed E-state index contributed by atoms with van der Waals surface area (Å²) in [5, 5.41) is 4.23. The Morgan fingerprint density at radius 2 is 1.86 bits per heavy atom. The molecule has 2 heterocycles. The second-order valence-electron chi connectivity index (χ2n) is 5.34. The molecule has 0 saturated heterocycles. The van der Waals surface area contributed by atoms with Gasteiger partial charge in [-0.1, -0.05) is 0 Å². The lowest BCUT2D eigenvalue weighted by atomic mass is 10.1. The smallest absolute Gasteiger partial charge is 0.286 e. The molecule has 0 saturated carbocycles. The Morgan fingerprint density at radius 1 is 1.24 bits per heavy atom. The van der Waals surface area contributed by atoms with Gasteiger partial charge in [-0.3, -0.25) is 9.48 Å². The maximum Gasteiger partial charge on any atom is 0.286 e. The first-order valence-corrected chi connectivity index (χ1v) is 6.80. The summed E-state index contributed by atoms with van der Waals surface area (Å²) in [6.07, 6.45) is 0. The van der Waals surface area contributed by atoms with E-state index < -0.39 is 5.92 Å². The summed E-state index contributed by atoms with van der Waals surface area (Å²) in [4.78, 5) is 12.1. The predicted octanol–water partition coefficient (Wildman–Crippen LogP) is 3.00. The van der Waals surface area contributed by atoms with Crippen LogP contribution in [0.25, 0.3) is 11.4 Å². The van der Waals surface area contributed by atoms with Crippen LogP contribution in [-0.4, -0.2) is 14.3 Å². The zero-order valence-corrected chi connectivity index (χ0v) is 12.9. The molecule has 6 heteroatoms. The Balaban J connectivity index is 2.72. The van der Waals surface area contributed by atoms with Crippen molar-refractivity contribution >= 4 is 0 Å². The third kappa shape index (κ3) is 2.62. The molecule has 0 aromatic carbocycles. The van der Waals surface area contributed by atoms with Crippen LogP contribution in [0.5, 0.6) is 0 Å². The van der Waals surface area contributed by atoms with E-state index in [0.29, 0.717) is 23.5 Å². The summed E-state index contributed by atoms with van der Waals surface area (Å²) in [6, 6.07) is 3.12. The second kappa shape index (κ2) is 5.09. The summed E-state index contributed by atoms with van der Waals surface area (Å²) in [5.74, 6) is -2.97.